The standard InChI is InChI=1S/C19H24N4O2/c1-15-3-4-18(25-2)17(13-15)21-19(24)23-11-9-22(10-12-23)14-16-5-7-20-8-6-16/h3-8,13H,9-12,14H2,1-2H3,(H,21,24). The lowest BCUT2D eigenvalue weighted by Gasteiger charge is -2.34. The normalized spacial score (nSPS) is 15.0. The molecular formula is C19H24N4O2. The van der Waals surface area contributed by atoms with E-state index in [2.05, 4.69) is 15.2 Å². The van der Waals surface area contributed by atoms with Gasteiger partial charge in [-0.15, -0.1) is 0 Å². The van der Waals surface area contributed by atoms with E-state index in [1.807, 2.05) is 54.5 Å². The van der Waals surface area contributed by atoms with Crippen molar-refractivity contribution < 1.29 is 9.53 Å². The van der Waals surface area contributed by atoms with E-state index in [4.69, 9.17) is 4.74 Å². The number of benzene rings is 1. The minimum absolute atomic E-state index is 0.0764. The molecule has 3 rings (SSSR count). The second-order valence-electron chi connectivity index (χ2n) is 6.25. The van der Waals surface area contributed by atoms with Crippen LogP contribution in [0.1, 0.15) is 11.1 Å². The number of rotatable bonds is 4. The molecule has 0 bridgehead atoms. The zero-order valence-electron chi connectivity index (χ0n) is 14.7. The molecule has 2 aromatic rings. The summed E-state index contributed by atoms with van der Waals surface area (Å²) < 4.78 is 5.33. The van der Waals surface area contributed by atoms with Crippen molar-refractivity contribution in [2.45, 2.75) is 13.5 Å². The predicted molar refractivity (Wildman–Crippen MR) is 97.8 cm³/mol. The molecule has 0 unspecified atom stereocenters. The van der Waals surface area contributed by atoms with Crippen LogP contribution in [-0.4, -0.2) is 54.1 Å². The molecule has 0 aliphatic carbocycles. The maximum Gasteiger partial charge on any atom is 0.322 e. The van der Waals surface area contributed by atoms with Crippen LogP contribution in [0, 0.1) is 6.92 Å². The highest BCUT2D eigenvalue weighted by molar-refractivity contribution is 5.91. The summed E-state index contributed by atoms with van der Waals surface area (Å²) in [6.45, 7) is 6.04. The third-order valence-corrected chi connectivity index (χ3v) is 4.41. The number of carbonyl (C=O) groups excluding carboxylic acids is 1. The van der Waals surface area contributed by atoms with Crippen LogP contribution in [-0.2, 0) is 6.54 Å². The van der Waals surface area contributed by atoms with Gasteiger partial charge < -0.3 is 15.0 Å². The number of hydrogen-bond donors (Lipinski definition) is 1. The predicted octanol–water partition coefficient (Wildman–Crippen LogP) is 2.75. The number of nitrogens with zero attached hydrogens (tertiary/aromatic N) is 3. The van der Waals surface area contributed by atoms with Gasteiger partial charge in [-0.25, -0.2) is 4.79 Å². The van der Waals surface area contributed by atoms with Crippen molar-refractivity contribution >= 4 is 11.7 Å². The first-order valence-electron chi connectivity index (χ1n) is 8.47. The van der Waals surface area contributed by atoms with Crippen molar-refractivity contribution in [2.75, 3.05) is 38.6 Å². The molecule has 0 atom stereocenters. The Labute approximate surface area is 148 Å². The van der Waals surface area contributed by atoms with Crippen molar-refractivity contribution in [1.82, 2.24) is 14.8 Å². The van der Waals surface area contributed by atoms with Crippen LogP contribution in [0.5, 0.6) is 5.75 Å². The number of anilines is 1. The molecule has 1 aromatic heterocycles. The summed E-state index contributed by atoms with van der Waals surface area (Å²) >= 11 is 0. The summed E-state index contributed by atoms with van der Waals surface area (Å²) in [7, 11) is 1.61. The highest BCUT2D eigenvalue weighted by atomic mass is 16.5. The lowest BCUT2D eigenvalue weighted by Crippen LogP contribution is -2.49. The zero-order valence-corrected chi connectivity index (χ0v) is 14.7. The number of amides is 2. The molecule has 1 fully saturated rings. The Morgan fingerprint density at radius 3 is 2.56 bits per heavy atom. The van der Waals surface area contributed by atoms with E-state index < -0.39 is 0 Å². The topological polar surface area (TPSA) is 57.7 Å². The number of nitrogens with one attached hydrogen (secondary N) is 1. The molecule has 1 aliphatic rings. The third kappa shape index (κ3) is 4.48. The molecule has 0 spiro atoms. The van der Waals surface area contributed by atoms with Crippen LogP contribution in [0.3, 0.4) is 0 Å². The Morgan fingerprint density at radius 1 is 1.16 bits per heavy atom. The third-order valence-electron chi connectivity index (χ3n) is 4.41. The highest BCUT2D eigenvalue weighted by Crippen LogP contribution is 2.25. The van der Waals surface area contributed by atoms with E-state index in [0.717, 1.165) is 25.2 Å². The number of piperazine rings is 1. The SMILES string of the molecule is COc1ccc(C)cc1NC(=O)N1CCN(Cc2ccncc2)CC1. The molecule has 1 aromatic carbocycles. The smallest absolute Gasteiger partial charge is 0.322 e. The van der Waals surface area contributed by atoms with Gasteiger partial charge in [-0.1, -0.05) is 6.07 Å². The fourth-order valence-corrected chi connectivity index (χ4v) is 2.97. The quantitative estimate of drug-likeness (QED) is 0.930. The van der Waals surface area contributed by atoms with E-state index in [9.17, 15) is 4.79 Å². The second-order valence-corrected chi connectivity index (χ2v) is 6.25. The average Bonchev–Trinajstić information content (AvgIpc) is 2.63. The number of hydrogen-bond acceptors (Lipinski definition) is 4. The molecule has 132 valence electrons. The van der Waals surface area contributed by atoms with Crippen LogP contribution < -0.4 is 10.1 Å². The van der Waals surface area contributed by atoms with E-state index in [1.54, 1.807) is 7.11 Å². The van der Waals surface area contributed by atoms with Crippen molar-refractivity contribution in [3.63, 3.8) is 0 Å². The fourth-order valence-electron chi connectivity index (χ4n) is 2.97. The summed E-state index contributed by atoms with van der Waals surface area (Å²) in [5.74, 6) is 0.676. The Kier molecular flexibility index (Phi) is 5.50. The Hall–Kier alpha value is -2.60. The first-order valence-corrected chi connectivity index (χ1v) is 8.47. The van der Waals surface area contributed by atoms with Crippen LogP contribution >= 0.6 is 0 Å². The summed E-state index contributed by atoms with van der Waals surface area (Å²) in [4.78, 5) is 20.8. The molecule has 6 nitrogen and oxygen atoms in total. The maximum atomic E-state index is 12.5. The van der Waals surface area contributed by atoms with Gasteiger partial charge in [0.15, 0.2) is 0 Å². The maximum absolute atomic E-state index is 12.5. The van der Waals surface area contributed by atoms with E-state index in [-0.39, 0.29) is 6.03 Å². The molecule has 25 heavy (non-hydrogen) atoms. The monoisotopic (exact) mass is 340 g/mol. The summed E-state index contributed by atoms with van der Waals surface area (Å²) in [5.41, 5.74) is 3.04. The number of pyridine rings is 1. The van der Waals surface area contributed by atoms with Gasteiger partial charge in [0.2, 0.25) is 0 Å². The highest BCUT2D eigenvalue weighted by Gasteiger charge is 2.22. The van der Waals surface area contributed by atoms with E-state index >= 15 is 0 Å². The minimum Gasteiger partial charge on any atom is -0.495 e. The lowest BCUT2D eigenvalue weighted by atomic mass is 10.2. The Morgan fingerprint density at radius 2 is 1.88 bits per heavy atom. The molecule has 0 radical (unpaired) electrons. The minimum atomic E-state index is -0.0764. The van der Waals surface area contributed by atoms with Crippen molar-refractivity contribution in [2.24, 2.45) is 0 Å². The molecular weight excluding hydrogens is 316 g/mol. The molecule has 2 amide bonds. The zero-order chi connectivity index (χ0) is 17.6. The lowest BCUT2D eigenvalue weighted by molar-refractivity contribution is 0.143. The molecule has 1 N–H and O–H groups in total. The van der Waals surface area contributed by atoms with Crippen LogP contribution in [0.25, 0.3) is 0 Å². The Bertz CT molecular complexity index is 713. The first-order chi connectivity index (χ1) is 12.2. The van der Waals surface area contributed by atoms with Gasteiger partial charge in [0, 0.05) is 45.1 Å². The number of aryl methyl sites for hydroxylation is 1. The van der Waals surface area contributed by atoms with Gasteiger partial charge in [0.1, 0.15) is 5.75 Å². The second kappa shape index (κ2) is 7.98. The van der Waals surface area contributed by atoms with Crippen LogP contribution in [0.15, 0.2) is 42.7 Å². The molecule has 2 heterocycles. The summed E-state index contributed by atoms with van der Waals surface area (Å²) in [6.07, 6.45) is 3.63. The van der Waals surface area contributed by atoms with Crippen LogP contribution in [0.2, 0.25) is 0 Å². The van der Waals surface area contributed by atoms with Crippen LogP contribution in [0.4, 0.5) is 10.5 Å². The van der Waals surface area contributed by atoms with E-state index in [1.165, 1.54) is 5.56 Å². The van der Waals surface area contributed by atoms with Gasteiger partial charge >= 0.3 is 6.03 Å². The number of methoxy groups -OCH3 is 1. The molecule has 1 saturated heterocycles. The molecule has 6 heteroatoms. The molecule has 0 saturated carbocycles. The Balaban J connectivity index is 1.54. The summed E-state index contributed by atoms with van der Waals surface area (Å²) in [5, 5.41) is 2.97. The van der Waals surface area contributed by atoms with Gasteiger partial charge in [-0.2, -0.15) is 0 Å². The van der Waals surface area contributed by atoms with Gasteiger partial charge in [-0.05, 0) is 42.3 Å². The average molecular weight is 340 g/mol. The number of ether oxygens (including phenoxy) is 1. The van der Waals surface area contributed by atoms with Crippen molar-refractivity contribution in [1.29, 1.82) is 0 Å². The summed E-state index contributed by atoms with van der Waals surface area (Å²) in [6, 6.07) is 9.75. The number of aromatic nitrogens is 1. The number of carbonyl (C=O) groups is 1. The largest absolute Gasteiger partial charge is 0.495 e. The fraction of sp³-hybridized carbons (Fsp3) is 0.368. The van der Waals surface area contributed by atoms with Gasteiger partial charge in [-0.3, -0.25) is 9.88 Å². The first kappa shape index (κ1) is 17.2. The number of urea groups is 1. The van der Waals surface area contributed by atoms with Gasteiger partial charge in [0.25, 0.3) is 0 Å². The van der Waals surface area contributed by atoms with Gasteiger partial charge in [0.05, 0.1) is 12.8 Å². The molecule has 1 aliphatic heterocycles. The van der Waals surface area contributed by atoms with Crippen molar-refractivity contribution in [3.05, 3.63) is 53.9 Å². The van der Waals surface area contributed by atoms with E-state index in [0.29, 0.717) is 24.5 Å². The van der Waals surface area contributed by atoms with Crippen molar-refractivity contribution in [3.8, 4) is 5.75 Å².